The number of hydrogen-bond donors (Lipinski definition) is 2. The van der Waals surface area contributed by atoms with E-state index in [0.717, 1.165) is 25.1 Å². The standard InChI is InChI=1S/C8H16N2O/c1-7(11-3)5-4-6-10-8(2)9/h10H,1-2,4-6,9H2,3H3. The molecule has 0 aliphatic carbocycles. The minimum Gasteiger partial charge on any atom is -0.502 e. The topological polar surface area (TPSA) is 47.3 Å². The lowest BCUT2D eigenvalue weighted by Gasteiger charge is -2.05. The Balaban J connectivity index is 3.14. The van der Waals surface area contributed by atoms with E-state index >= 15 is 0 Å². The van der Waals surface area contributed by atoms with Gasteiger partial charge in [-0.3, -0.25) is 0 Å². The van der Waals surface area contributed by atoms with Gasteiger partial charge in [0.15, 0.2) is 0 Å². The molecule has 0 aromatic rings. The van der Waals surface area contributed by atoms with Crippen molar-refractivity contribution >= 4 is 0 Å². The molecule has 11 heavy (non-hydrogen) atoms. The summed E-state index contributed by atoms with van der Waals surface area (Å²) in [4.78, 5) is 0. The summed E-state index contributed by atoms with van der Waals surface area (Å²) in [6.45, 7) is 8.01. The summed E-state index contributed by atoms with van der Waals surface area (Å²) in [5.41, 5.74) is 5.28. The molecule has 64 valence electrons. The highest BCUT2D eigenvalue weighted by molar-refractivity contribution is 4.84. The highest BCUT2D eigenvalue weighted by Gasteiger charge is 1.91. The predicted octanol–water partition coefficient (Wildman–Crippen LogP) is 0.946. The first-order chi connectivity index (χ1) is 5.16. The smallest absolute Gasteiger partial charge is 0.0885 e. The average molecular weight is 156 g/mol. The molecule has 0 aliphatic heterocycles. The lowest BCUT2D eigenvalue weighted by atomic mass is 10.3. The Morgan fingerprint density at radius 1 is 1.55 bits per heavy atom. The van der Waals surface area contributed by atoms with Gasteiger partial charge in [-0.25, -0.2) is 0 Å². The second-order valence-electron chi connectivity index (χ2n) is 2.30. The largest absolute Gasteiger partial charge is 0.502 e. The van der Waals surface area contributed by atoms with Gasteiger partial charge in [-0.05, 0) is 6.42 Å². The Labute approximate surface area is 67.9 Å². The van der Waals surface area contributed by atoms with E-state index in [0.29, 0.717) is 5.82 Å². The molecule has 0 heterocycles. The van der Waals surface area contributed by atoms with Crippen molar-refractivity contribution < 1.29 is 4.74 Å². The number of nitrogens with two attached hydrogens (primary N) is 1. The predicted molar refractivity (Wildman–Crippen MR) is 46.7 cm³/mol. The third-order valence-electron chi connectivity index (χ3n) is 1.27. The summed E-state index contributed by atoms with van der Waals surface area (Å²) < 4.78 is 4.88. The van der Waals surface area contributed by atoms with Crippen molar-refractivity contribution in [3.05, 3.63) is 24.7 Å². The summed E-state index contributed by atoms with van der Waals surface area (Å²) in [6, 6.07) is 0. The fraction of sp³-hybridized carbons (Fsp3) is 0.500. The van der Waals surface area contributed by atoms with Crippen molar-refractivity contribution in [2.75, 3.05) is 13.7 Å². The molecule has 0 aliphatic rings. The molecule has 0 aromatic heterocycles. The summed E-state index contributed by atoms with van der Waals surface area (Å²) in [6.07, 6.45) is 1.82. The van der Waals surface area contributed by atoms with Gasteiger partial charge in [0.2, 0.25) is 0 Å². The third kappa shape index (κ3) is 6.77. The number of nitrogens with one attached hydrogen (secondary N) is 1. The summed E-state index contributed by atoms with van der Waals surface area (Å²) in [7, 11) is 1.62. The molecule has 0 rings (SSSR count). The number of rotatable bonds is 6. The van der Waals surface area contributed by atoms with Crippen LogP contribution in [0.2, 0.25) is 0 Å². The molecule has 0 radical (unpaired) electrons. The van der Waals surface area contributed by atoms with Crippen molar-refractivity contribution in [2.45, 2.75) is 12.8 Å². The molecule has 3 N–H and O–H groups in total. The minimum absolute atomic E-state index is 0.507. The van der Waals surface area contributed by atoms with Crippen LogP contribution in [-0.4, -0.2) is 13.7 Å². The normalized spacial score (nSPS) is 8.82. The zero-order valence-electron chi connectivity index (χ0n) is 7.02. The first-order valence-corrected chi connectivity index (χ1v) is 3.57. The molecule has 3 nitrogen and oxygen atoms in total. The van der Waals surface area contributed by atoms with Crippen molar-refractivity contribution in [3.8, 4) is 0 Å². The number of methoxy groups -OCH3 is 1. The van der Waals surface area contributed by atoms with E-state index in [1.807, 2.05) is 0 Å². The van der Waals surface area contributed by atoms with Gasteiger partial charge in [-0.1, -0.05) is 13.2 Å². The zero-order chi connectivity index (χ0) is 8.69. The van der Waals surface area contributed by atoms with Crippen molar-refractivity contribution in [3.63, 3.8) is 0 Å². The Hall–Kier alpha value is -1.12. The molecule has 0 spiro atoms. The molecule has 0 bridgehead atoms. The molecule has 0 saturated heterocycles. The molecule has 0 aromatic carbocycles. The minimum atomic E-state index is 0.507. The highest BCUT2D eigenvalue weighted by atomic mass is 16.5. The number of allylic oxidation sites excluding steroid dienone is 1. The Morgan fingerprint density at radius 3 is 2.64 bits per heavy atom. The third-order valence-corrected chi connectivity index (χ3v) is 1.27. The fourth-order valence-electron chi connectivity index (χ4n) is 0.637. The van der Waals surface area contributed by atoms with Gasteiger partial charge in [0.1, 0.15) is 0 Å². The molecular weight excluding hydrogens is 140 g/mol. The quantitative estimate of drug-likeness (QED) is 0.444. The maximum Gasteiger partial charge on any atom is 0.0885 e. The summed E-state index contributed by atoms with van der Waals surface area (Å²) >= 11 is 0. The summed E-state index contributed by atoms with van der Waals surface area (Å²) in [5.74, 6) is 1.31. The fourth-order valence-corrected chi connectivity index (χ4v) is 0.637. The Bertz CT molecular complexity index is 143. The second kappa shape index (κ2) is 5.65. The van der Waals surface area contributed by atoms with E-state index in [1.54, 1.807) is 7.11 Å². The molecule has 0 saturated carbocycles. The van der Waals surface area contributed by atoms with E-state index in [1.165, 1.54) is 0 Å². The van der Waals surface area contributed by atoms with E-state index < -0.39 is 0 Å². The van der Waals surface area contributed by atoms with Crippen LogP contribution in [0, 0.1) is 0 Å². The van der Waals surface area contributed by atoms with Crippen LogP contribution in [0.1, 0.15) is 12.8 Å². The first kappa shape index (κ1) is 9.88. The van der Waals surface area contributed by atoms with Crippen LogP contribution in [0.4, 0.5) is 0 Å². The highest BCUT2D eigenvalue weighted by Crippen LogP contribution is 2.00. The zero-order valence-corrected chi connectivity index (χ0v) is 7.02. The maximum atomic E-state index is 5.28. The van der Waals surface area contributed by atoms with Gasteiger partial charge in [-0.15, -0.1) is 0 Å². The number of ether oxygens (including phenoxy) is 1. The van der Waals surface area contributed by atoms with Gasteiger partial charge in [0.25, 0.3) is 0 Å². The second-order valence-corrected chi connectivity index (χ2v) is 2.30. The van der Waals surface area contributed by atoms with Crippen LogP contribution in [0.25, 0.3) is 0 Å². The van der Waals surface area contributed by atoms with Gasteiger partial charge >= 0.3 is 0 Å². The summed E-state index contributed by atoms with van der Waals surface area (Å²) in [5, 5.41) is 2.91. The Kier molecular flexibility index (Phi) is 5.07. The van der Waals surface area contributed by atoms with Crippen LogP contribution in [0.5, 0.6) is 0 Å². The van der Waals surface area contributed by atoms with E-state index in [9.17, 15) is 0 Å². The first-order valence-electron chi connectivity index (χ1n) is 3.57. The van der Waals surface area contributed by atoms with Gasteiger partial charge in [-0.2, -0.15) is 0 Å². The molecular formula is C8H16N2O. The lowest BCUT2D eigenvalue weighted by molar-refractivity contribution is 0.277. The lowest BCUT2D eigenvalue weighted by Crippen LogP contribution is -2.19. The van der Waals surface area contributed by atoms with Gasteiger partial charge in [0, 0.05) is 13.0 Å². The van der Waals surface area contributed by atoms with Crippen molar-refractivity contribution in [2.24, 2.45) is 5.73 Å². The van der Waals surface area contributed by atoms with Crippen molar-refractivity contribution in [1.82, 2.24) is 5.32 Å². The average Bonchev–Trinajstić information content (AvgIpc) is 1.97. The Morgan fingerprint density at radius 2 is 2.18 bits per heavy atom. The SMILES string of the molecule is C=C(N)NCCCC(=C)OC. The number of hydrogen-bond acceptors (Lipinski definition) is 3. The van der Waals surface area contributed by atoms with E-state index in [-0.39, 0.29) is 0 Å². The van der Waals surface area contributed by atoms with E-state index in [4.69, 9.17) is 10.5 Å². The van der Waals surface area contributed by atoms with Gasteiger partial charge < -0.3 is 15.8 Å². The van der Waals surface area contributed by atoms with Crippen LogP contribution in [-0.2, 0) is 4.74 Å². The molecule has 3 heteroatoms. The van der Waals surface area contributed by atoms with E-state index in [2.05, 4.69) is 18.5 Å². The van der Waals surface area contributed by atoms with Crippen molar-refractivity contribution in [1.29, 1.82) is 0 Å². The van der Waals surface area contributed by atoms with Crippen LogP contribution in [0.15, 0.2) is 24.7 Å². The monoisotopic (exact) mass is 156 g/mol. The van der Waals surface area contributed by atoms with Crippen LogP contribution in [0.3, 0.4) is 0 Å². The van der Waals surface area contributed by atoms with Crippen LogP contribution >= 0.6 is 0 Å². The molecule has 0 amide bonds. The molecule has 0 fully saturated rings. The van der Waals surface area contributed by atoms with Crippen LogP contribution < -0.4 is 11.1 Å². The maximum absolute atomic E-state index is 5.28. The molecule has 0 atom stereocenters. The molecule has 0 unspecified atom stereocenters. The van der Waals surface area contributed by atoms with Gasteiger partial charge in [0.05, 0.1) is 18.7 Å².